The zero-order valence-electron chi connectivity index (χ0n) is 17.3. The van der Waals surface area contributed by atoms with Crippen LogP contribution in [-0.4, -0.2) is 43.6 Å². The van der Waals surface area contributed by atoms with Gasteiger partial charge < -0.3 is 15.0 Å². The number of hydrogen-bond donors (Lipinski definition) is 1. The number of benzene rings is 1. The first-order valence-electron chi connectivity index (χ1n) is 10.7. The third-order valence-corrected chi connectivity index (χ3v) is 6.96. The first-order chi connectivity index (χ1) is 13.5. The van der Waals surface area contributed by atoms with Crippen LogP contribution in [0, 0.1) is 18.8 Å². The van der Waals surface area contributed by atoms with E-state index in [1.54, 1.807) is 0 Å². The largest absolute Gasteiger partial charge is 0.453 e. The standard InChI is InChI=1S/C23H32N2O3/c1-4-5-18(12-24-22(27)28-3)21(26)25-13-19-11-23(19,14-25)20-9-8-17(10-15(20)2)16-6-7-16/h8-10,16,18-19H,4-7,11-14H2,1-3H3,(H,24,27)/t18-,19?,23?/m1/s1. The summed E-state index contributed by atoms with van der Waals surface area (Å²) in [5.41, 5.74) is 4.47. The number of likely N-dealkylation sites (tertiary alicyclic amines) is 1. The summed E-state index contributed by atoms with van der Waals surface area (Å²) < 4.78 is 4.65. The highest BCUT2D eigenvalue weighted by Crippen LogP contribution is 2.60. The van der Waals surface area contributed by atoms with E-state index < -0.39 is 6.09 Å². The molecule has 2 aliphatic carbocycles. The van der Waals surface area contributed by atoms with Crippen LogP contribution in [0.4, 0.5) is 4.79 Å². The number of nitrogens with one attached hydrogen (secondary N) is 1. The number of piperidine rings is 1. The van der Waals surface area contributed by atoms with Crippen LogP contribution in [0.5, 0.6) is 0 Å². The summed E-state index contributed by atoms with van der Waals surface area (Å²) in [6, 6.07) is 7.02. The molecule has 0 radical (unpaired) electrons. The molecule has 2 saturated carbocycles. The first-order valence-corrected chi connectivity index (χ1v) is 10.7. The highest BCUT2D eigenvalue weighted by atomic mass is 16.5. The monoisotopic (exact) mass is 384 g/mol. The minimum Gasteiger partial charge on any atom is -0.453 e. The summed E-state index contributed by atoms with van der Waals surface area (Å²) in [6.07, 6.45) is 5.08. The molecule has 3 aliphatic rings. The van der Waals surface area contributed by atoms with Crippen LogP contribution in [0.25, 0.3) is 0 Å². The van der Waals surface area contributed by atoms with Crippen LogP contribution >= 0.6 is 0 Å². The van der Waals surface area contributed by atoms with Gasteiger partial charge in [-0.05, 0) is 61.1 Å². The van der Waals surface area contributed by atoms with Crippen molar-refractivity contribution < 1.29 is 14.3 Å². The highest BCUT2D eigenvalue weighted by Gasteiger charge is 2.62. The Balaban J connectivity index is 1.44. The number of rotatable bonds is 7. The summed E-state index contributed by atoms with van der Waals surface area (Å²) >= 11 is 0. The number of ether oxygens (including phenoxy) is 1. The summed E-state index contributed by atoms with van der Waals surface area (Å²) in [6.45, 7) is 6.32. The Kier molecular flexibility index (Phi) is 5.11. The lowest BCUT2D eigenvalue weighted by molar-refractivity contribution is -0.135. The van der Waals surface area contributed by atoms with Crippen molar-refractivity contribution in [3.63, 3.8) is 0 Å². The van der Waals surface area contributed by atoms with Gasteiger partial charge >= 0.3 is 6.09 Å². The molecule has 5 heteroatoms. The van der Waals surface area contributed by atoms with E-state index in [2.05, 4.69) is 42.1 Å². The average Bonchev–Trinajstić information content (AvgIpc) is 3.62. The van der Waals surface area contributed by atoms with Gasteiger partial charge in [0.1, 0.15) is 0 Å². The maximum atomic E-state index is 13.1. The number of hydrogen-bond acceptors (Lipinski definition) is 3. The lowest BCUT2D eigenvalue weighted by atomic mass is 9.89. The molecule has 2 unspecified atom stereocenters. The van der Waals surface area contributed by atoms with E-state index in [4.69, 9.17) is 0 Å². The Morgan fingerprint density at radius 2 is 2.14 bits per heavy atom. The normalized spacial score (nSPS) is 26.5. The zero-order chi connectivity index (χ0) is 19.9. The third-order valence-electron chi connectivity index (χ3n) is 6.96. The van der Waals surface area contributed by atoms with Crippen LogP contribution in [0.3, 0.4) is 0 Å². The van der Waals surface area contributed by atoms with Crippen LogP contribution in [0.15, 0.2) is 18.2 Å². The first kappa shape index (κ1) is 19.3. The fourth-order valence-corrected chi connectivity index (χ4v) is 5.18. The van der Waals surface area contributed by atoms with Crippen LogP contribution in [0.2, 0.25) is 0 Å². The molecule has 152 valence electrons. The summed E-state index contributed by atoms with van der Waals surface area (Å²) in [4.78, 5) is 26.6. The molecule has 28 heavy (non-hydrogen) atoms. The Morgan fingerprint density at radius 1 is 1.36 bits per heavy atom. The molecule has 3 fully saturated rings. The Morgan fingerprint density at radius 3 is 2.79 bits per heavy atom. The molecule has 3 atom stereocenters. The molecule has 0 aromatic heterocycles. The number of fused-ring (bicyclic) bond motifs is 1. The Bertz CT molecular complexity index is 773. The van der Waals surface area contributed by atoms with Crippen molar-refractivity contribution in [3.8, 4) is 0 Å². The van der Waals surface area contributed by atoms with Crippen LogP contribution in [-0.2, 0) is 14.9 Å². The molecule has 1 aromatic carbocycles. The molecule has 1 heterocycles. The second-order valence-electron chi connectivity index (χ2n) is 8.98. The minimum absolute atomic E-state index is 0.161. The Hall–Kier alpha value is -2.04. The predicted octanol–water partition coefficient (Wildman–Crippen LogP) is 3.74. The molecule has 5 nitrogen and oxygen atoms in total. The highest BCUT2D eigenvalue weighted by molar-refractivity contribution is 5.81. The number of aryl methyl sites for hydroxylation is 1. The zero-order valence-corrected chi connectivity index (χ0v) is 17.3. The topological polar surface area (TPSA) is 58.6 Å². The maximum Gasteiger partial charge on any atom is 0.406 e. The van der Waals surface area contributed by atoms with Crippen molar-refractivity contribution in [3.05, 3.63) is 34.9 Å². The van der Waals surface area contributed by atoms with Crippen LogP contribution in [0.1, 0.15) is 61.6 Å². The van der Waals surface area contributed by atoms with Crippen molar-refractivity contribution in [2.45, 2.75) is 57.3 Å². The lowest BCUT2D eigenvalue weighted by Gasteiger charge is -2.27. The Labute approximate surface area is 167 Å². The van der Waals surface area contributed by atoms with Crippen molar-refractivity contribution in [2.24, 2.45) is 11.8 Å². The third kappa shape index (κ3) is 3.51. The lowest BCUT2D eigenvalue weighted by Crippen LogP contribution is -2.42. The van der Waals surface area contributed by atoms with E-state index in [1.165, 1.54) is 43.1 Å². The number of carbonyl (C=O) groups excluding carboxylic acids is 2. The van der Waals surface area contributed by atoms with Crippen molar-refractivity contribution in [1.29, 1.82) is 0 Å². The van der Waals surface area contributed by atoms with Crippen molar-refractivity contribution in [1.82, 2.24) is 10.2 Å². The average molecular weight is 385 g/mol. The van der Waals surface area contributed by atoms with E-state index in [0.29, 0.717) is 12.5 Å². The molecule has 4 rings (SSSR count). The van der Waals surface area contributed by atoms with Gasteiger partial charge in [-0.25, -0.2) is 4.79 Å². The molecule has 0 spiro atoms. The van der Waals surface area contributed by atoms with E-state index in [0.717, 1.165) is 31.8 Å². The molecular formula is C23H32N2O3. The van der Waals surface area contributed by atoms with Gasteiger partial charge in [0.15, 0.2) is 0 Å². The quantitative estimate of drug-likeness (QED) is 0.779. The molecule has 0 bridgehead atoms. The summed E-state index contributed by atoms with van der Waals surface area (Å²) in [7, 11) is 1.35. The molecule has 1 N–H and O–H groups in total. The van der Waals surface area contributed by atoms with Gasteiger partial charge in [-0.3, -0.25) is 4.79 Å². The molecular weight excluding hydrogens is 352 g/mol. The van der Waals surface area contributed by atoms with Gasteiger partial charge in [-0.1, -0.05) is 31.5 Å². The van der Waals surface area contributed by atoms with Gasteiger partial charge in [-0.15, -0.1) is 0 Å². The van der Waals surface area contributed by atoms with Crippen molar-refractivity contribution >= 4 is 12.0 Å². The second-order valence-corrected chi connectivity index (χ2v) is 8.98. The fourth-order valence-electron chi connectivity index (χ4n) is 5.18. The number of methoxy groups -OCH3 is 1. The molecule has 1 aromatic rings. The van der Waals surface area contributed by atoms with Crippen molar-refractivity contribution in [2.75, 3.05) is 26.7 Å². The van der Waals surface area contributed by atoms with Crippen LogP contribution < -0.4 is 5.32 Å². The molecule has 1 aliphatic heterocycles. The second kappa shape index (κ2) is 7.41. The number of amides is 2. The van der Waals surface area contributed by atoms with Gasteiger partial charge in [0.2, 0.25) is 5.91 Å². The summed E-state index contributed by atoms with van der Waals surface area (Å²) in [5, 5.41) is 2.71. The minimum atomic E-state index is -0.471. The van der Waals surface area contributed by atoms with Gasteiger partial charge in [0, 0.05) is 25.0 Å². The van der Waals surface area contributed by atoms with Gasteiger partial charge in [0.05, 0.1) is 13.0 Å². The number of alkyl carbamates (subject to hydrolysis) is 1. The predicted molar refractivity (Wildman–Crippen MR) is 108 cm³/mol. The molecule has 2 amide bonds. The SMILES string of the molecule is CCC[C@H](CNC(=O)OC)C(=O)N1CC2CC2(c2ccc(C3CC3)cc2C)C1. The van der Waals surface area contributed by atoms with E-state index >= 15 is 0 Å². The van der Waals surface area contributed by atoms with E-state index in [-0.39, 0.29) is 17.2 Å². The van der Waals surface area contributed by atoms with Gasteiger partial charge in [0.25, 0.3) is 0 Å². The smallest absolute Gasteiger partial charge is 0.406 e. The van der Waals surface area contributed by atoms with E-state index in [1.807, 2.05) is 4.90 Å². The van der Waals surface area contributed by atoms with E-state index in [9.17, 15) is 9.59 Å². The number of carbonyl (C=O) groups is 2. The maximum absolute atomic E-state index is 13.1. The fraction of sp³-hybridized carbons (Fsp3) is 0.652. The summed E-state index contributed by atoms with van der Waals surface area (Å²) in [5.74, 6) is 1.37. The molecule has 1 saturated heterocycles. The number of nitrogens with zero attached hydrogens (tertiary/aromatic N) is 1. The van der Waals surface area contributed by atoms with Gasteiger partial charge in [-0.2, -0.15) is 0 Å².